The Kier molecular flexibility index (Phi) is 12.1. The molecular weight excluding hydrogens is 849 g/mol. The number of aryl methyl sites for hydroxylation is 3. The molecule has 2 nitrogen and oxygen atoms in total. The minimum atomic E-state index is -1.59. The third-order valence-corrected chi connectivity index (χ3v) is 11.3. The van der Waals surface area contributed by atoms with Crippen molar-refractivity contribution >= 4 is 13.3 Å². The normalized spacial score (nSPS) is 12.3. The number of nitrogens with zero attached hydrogens (tertiary/aromatic N) is 2. The Balaban J connectivity index is 0.000000216. The van der Waals surface area contributed by atoms with Gasteiger partial charge in [0.25, 0.3) is 0 Å². The molecule has 1 radical (unpaired) electrons. The van der Waals surface area contributed by atoms with Crippen molar-refractivity contribution in [2.24, 2.45) is 0 Å². The zero-order valence-corrected chi connectivity index (χ0v) is 35.9. The maximum atomic E-state index is 8.65. The van der Waals surface area contributed by atoms with Crippen molar-refractivity contribution in [2.45, 2.75) is 66.5 Å². The van der Waals surface area contributed by atoms with Crippen LogP contribution in [0.5, 0.6) is 0 Å². The van der Waals surface area contributed by atoms with Crippen molar-refractivity contribution in [1.29, 1.82) is 0 Å². The van der Waals surface area contributed by atoms with Crippen LogP contribution >= 0.6 is 0 Å². The summed E-state index contributed by atoms with van der Waals surface area (Å²) in [5.41, 5.74) is 14.2. The molecule has 0 atom stereocenters. The summed E-state index contributed by atoms with van der Waals surface area (Å²) in [6, 6.07) is 48.3. The number of rotatable bonds is 8. The summed E-state index contributed by atoms with van der Waals surface area (Å²) in [4.78, 5) is 9.30. The second-order valence-electron chi connectivity index (χ2n) is 14.9. The van der Waals surface area contributed by atoms with Crippen molar-refractivity contribution in [3.63, 3.8) is 0 Å². The third-order valence-electron chi connectivity index (χ3n) is 9.30. The average Bonchev–Trinajstić information content (AvgIpc) is 3.18. The Hall–Kier alpha value is -4.73. The van der Waals surface area contributed by atoms with Crippen LogP contribution in [0, 0.1) is 32.9 Å². The molecule has 7 aromatic rings. The summed E-state index contributed by atoms with van der Waals surface area (Å²) in [5, 5.41) is 1.26. The molecule has 0 fully saturated rings. The van der Waals surface area contributed by atoms with Gasteiger partial charge in [-0.25, -0.2) is 0 Å². The maximum absolute atomic E-state index is 8.65. The van der Waals surface area contributed by atoms with E-state index in [-0.39, 0.29) is 20.1 Å². The fraction of sp³-hybridized carbons (Fsp3) is 0.200. The molecule has 0 aliphatic carbocycles. The van der Waals surface area contributed by atoms with Crippen LogP contribution in [-0.4, -0.2) is 18.0 Å². The van der Waals surface area contributed by atoms with Gasteiger partial charge in [-0.2, -0.15) is 0 Å². The van der Waals surface area contributed by atoms with Gasteiger partial charge in [-0.05, 0) is 89.1 Å². The number of pyridine rings is 2. The predicted octanol–water partition coefficient (Wildman–Crippen LogP) is 12.6. The van der Waals surface area contributed by atoms with Crippen LogP contribution in [0.25, 0.3) is 44.8 Å². The molecule has 2 aromatic heterocycles. The summed E-state index contributed by atoms with van der Waals surface area (Å²) in [7, 11) is -1.57. The second-order valence-corrected chi connectivity index (χ2v) is 19.9. The Morgan fingerprint density at radius 1 is 0.648 bits per heavy atom. The third kappa shape index (κ3) is 10.1. The van der Waals surface area contributed by atoms with Gasteiger partial charge in [0, 0.05) is 36.6 Å². The minimum absolute atomic E-state index is 0. The molecule has 275 valence electrons. The van der Waals surface area contributed by atoms with E-state index < -0.39 is 20.3 Å². The molecule has 0 aliphatic rings. The van der Waals surface area contributed by atoms with E-state index in [0.29, 0.717) is 11.1 Å². The zero-order chi connectivity index (χ0) is 40.3. The Labute approximate surface area is 342 Å². The van der Waals surface area contributed by atoms with Crippen molar-refractivity contribution in [3.8, 4) is 44.8 Å². The summed E-state index contributed by atoms with van der Waals surface area (Å²) in [6.45, 7) is 17.2. The number of aromatic nitrogens is 2. The molecule has 0 unspecified atom stereocenters. The van der Waals surface area contributed by atoms with E-state index in [9.17, 15) is 0 Å². The van der Waals surface area contributed by atoms with E-state index in [1.165, 1.54) is 33.0 Å². The summed E-state index contributed by atoms with van der Waals surface area (Å²) < 4.78 is 25.9. The van der Waals surface area contributed by atoms with E-state index >= 15 is 0 Å². The maximum Gasteiger partial charge on any atom is 0.0799 e. The Bertz CT molecular complexity index is 2430. The topological polar surface area (TPSA) is 25.8 Å². The van der Waals surface area contributed by atoms with Crippen LogP contribution in [0.1, 0.15) is 57.2 Å². The van der Waals surface area contributed by atoms with E-state index in [1.54, 1.807) is 12.1 Å². The van der Waals surface area contributed by atoms with Gasteiger partial charge in [-0.3, -0.25) is 0 Å². The molecule has 5 aromatic carbocycles. The zero-order valence-electron chi connectivity index (χ0n) is 35.5. The molecule has 54 heavy (non-hydrogen) atoms. The van der Waals surface area contributed by atoms with Gasteiger partial charge < -0.3 is 9.97 Å². The summed E-state index contributed by atoms with van der Waals surface area (Å²) in [6.07, 6.45) is 2.22. The van der Waals surface area contributed by atoms with Crippen molar-refractivity contribution < 1.29 is 24.2 Å². The fourth-order valence-corrected chi connectivity index (χ4v) is 8.37. The van der Waals surface area contributed by atoms with Gasteiger partial charge >= 0.3 is 0 Å². The first-order chi connectivity index (χ1) is 26.5. The van der Waals surface area contributed by atoms with E-state index in [1.807, 2.05) is 93.0 Å². The van der Waals surface area contributed by atoms with E-state index in [4.69, 9.17) is 9.10 Å². The first-order valence-corrected chi connectivity index (χ1v) is 21.7. The molecule has 4 heteroatoms. The molecule has 0 amide bonds. The predicted molar refractivity (Wildman–Crippen MR) is 228 cm³/mol. The van der Waals surface area contributed by atoms with Crippen LogP contribution in [0.15, 0.2) is 140 Å². The van der Waals surface area contributed by atoms with Crippen LogP contribution in [-0.2, 0) is 26.5 Å². The Morgan fingerprint density at radius 3 is 1.91 bits per heavy atom. The largest absolute Gasteiger partial charge is 0.305 e. The number of hydrogen-bond donors (Lipinski definition) is 0. The van der Waals surface area contributed by atoms with Crippen LogP contribution < -0.4 is 5.19 Å². The molecule has 0 saturated heterocycles. The molecule has 0 saturated carbocycles. The van der Waals surface area contributed by atoms with Crippen LogP contribution in [0.3, 0.4) is 0 Å². The van der Waals surface area contributed by atoms with Gasteiger partial charge in [0.2, 0.25) is 0 Å². The number of benzene rings is 5. The van der Waals surface area contributed by atoms with Crippen molar-refractivity contribution in [1.82, 2.24) is 9.97 Å². The molecule has 2 heterocycles. The summed E-state index contributed by atoms with van der Waals surface area (Å²) >= 11 is 0. The average molecular weight is 902 g/mol. The molecule has 0 aliphatic heterocycles. The monoisotopic (exact) mass is 902 g/mol. The van der Waals surface area contributed by atoms with Crippen molar-refractivity contribution in [2.75, 3.05) is 0 Å². The smallest absolute Gasteiger partial charge is 0.0799 e. The van der Waals surface area contributed by atoms with E-state index in [2.05, 4.69) is 106 Å². The second kappa shape index (κ2) is 18.1. The molecular formula is C50H50IrN2Si-2. The van der Waals surface area contributed by atoms with Gasteiger partial charge in [-0.1, -0.05) is 130 Å². The van der Waals surface area contributed by atoms with Gasteiger partial charge in [-0.15, -0.1) is 70.8 Å². The Morgan fingerprint density at radius 2 is 1.26 bits per heavy atom. The van der Waals surface area contributed by atoms with Crippen LogP contribution in [0.2, 0.25) is 19.6 Å². The van der Waals surface area contributed by atoms with Crippen molar-refractivity contribution in [3.05, 3.63) is 185 Å². The van der Waals surface area contributed by atoms with E-state index in [0.717, 1.165) is 39.2 Å². The number of hydrogen-bond acceptors (Lipinski definition) is 2. The molecule has 0 spiro atoms. The fourth-order valence-electron chi connectivity index (χ4n) is 6.79. The molecule has 7 rings (SSSR count). The van der Waals surface area contributed by atoms with Gasteiger partial charge in [0.05, 0.1) is 8.07 Å². The first-order valence-electron chi connectivity index (χ1n) is 19.7. The van der Waals surface area contributed by atoms with Crippen LogP contribution in [0.4, 0.5) is 0 Å². The SMILES string of the molecule is [2H]C(C)(C)c1cc(-c2[c-]ccc(-c3ccccc3)c2)ncc1[Si](C)(C)C.[2H]C([2H])(c1ccccc1)c1cc[c-]c(-c2cc(-c3c(C)cc(C)cc3C)ccn2)c1.[Ir]. The molecule has 0 bridgehead atoms. The van der Waals surface area contributed by atoms with Gasteiger partial charge in [0.15, 0.2) is 0 Å². The standard InChI is InChI=1S/C27H24N.C23H26NSi.Ir/c1-19-14-20(2)27(21(3)15-19)25-12-13-28-26(18-25)24-11-7-10-23(17-24)16-22-8-5-4-6-9-22;1-17(2)21-15-22(24-16-23(21)25(3,4)5)20-13-9-12-19(14-20)18-10-7-6-8-11-18;/h4-10,12-15,17-18H,16H2,1-3H3;6-12,14-17H,1-5H3;/q2*-1;/i16D2;17D;. The van der Waals surface area contributed by atoms with Gasteiger partial charge in [0.1, 0.15) is 0 Å². The minimum Gasteiger partial charge on any atom is -0.305 e. The quantitative estimate of drug-likeness (QED) is 0.112. The molecule has 0 N–H and O–H groups in total. The first kappa shape index (κ1) is 36.3. The summed E-state index contributed by atoms with van der Waals surface area (Å²) in [5.74, 6) is -0.648.